The lowest BCUT2D eigenvalue weighted by molar-refractivity contribution is -0.140. The molecule has 0 bridgehead atoms. The summed E-state index contributed by atoms with van der Waals surface area (Å²) in [6, 6.07) is 1.92. The van der Waals surface area contributed by atoms with Crippen LogP contribution in [-0.4, -0.2) is 78.1 Å². The van der Waals surface area contributed by atoms with Gasteiger partial charge in [-0.2, -0.15) is 13.2 Å². The van der Waals surface area contributed by atoms with Crippen LogP contribution < -0.4 is 10.7 Å². The largest absolute Gasteiger partial charge is 0.416 e. The molecule has 12 heteroatoms. The minimum Gasteiger partial charge on any atom is -0.379 e. The van der Waals surface area contributed by atoms with Crippen molar-refractivity contribution in [2.75, 3.05) is 39.4 Å². The quantitative estimate of drug-likeness (QED) is 0.590. The lowest BCUT2D eigenvalue weighted by Crippen LogP contribution is -2.54. The maximum atomic E-state index is 13.8. The van der Waals surface area contributed by atoms with Gasteiger partial charge in [0.15, 0.2) is 0 Å². The Morgan fingerprint density at radius 2 is 1.97 bits per heavy atom. The van der Waals surface area contributed by atoms with Gasteiger partial charge in [-0.25, -0.2) is 9.80 Å². The summed E-state index contributed by atoms with van der Waals surface area (Å²) in [5.74, 6) is -1.05. The van der Waals surface area contributed by atoms with Crippen molar-refractivity contribution in [2.45, 2.75) is 25.2 Å². The molecule has 1 saturated heterocycles. The molecule has 0 radical (unpaired) electrons. The van der Waals surface area contributed by atoms with Crippen LogP contribution in [0.2, 0.25) is 0 Å². The molecule has 4 rings (SSSR count). The van der Waals surface area contributed by atoms with Crippen LogP contribution in [0.3, 0.4) is 0 Å². The molecule has 188 valence electrons. The van der Waals surface area contributed by atoms with Gasteiger partial charge in [0, 0.05) is 19.6 Å². The van der Waals surface area contributed by atoms with E-state index in [1.54, 1.807) is 5.01 Å². The summed E-state index contributed by atoms with van der Waals surface area (Å²) in [5.41, 5.74) is 1.84. The van der Waals surface area contributed by atoms with E-state index in [1.807, 2.05) is 0 Å². The molecular weight excluding hydrogens is 467 g/mol. The van der Waals surface area contributed by atoms with Crippen LogP contribution in [-0.2, 0) is 20.5 Å². The predicted octanol–water partition coefficient (Wildman–Crippen LogP) is 1.81. The van der Waals surface area contributed by atoms with Gasteiger partial charge in [-0.05, 0) is 18.6 Å². The molecule has 0 aromatic heterocycles. The first-order chi connectivity index (χ1) is 16.6. The van der Waals surface area contributed by atoms with Crippen molar-refractivity contribution in [3.63, 3.8) is 0 Å². The maximum Gasteiger partial charge on any atom is 0.416 e. The van der Waals surface area contributed by atoms with E-state index in [1.165, 1.54) is 41.0 Å². The number of hydrogen-bond donors (Lipinski definition) is 2. The number of hydrazine groups is 1. The molecule has 35 heavy (non-hydrogen) atoms. The number of urea groups is 1. The number of carbonyl (C=O) groups excluding carboxylic acids is 3. The number of amides is 4. The first-order valence-electron chi connectivity index (χ1n) is 11.2. The standard InChI is InChI=1S/C23H26F3N5O4/c1-3-8-30-17-13-31(14(2)20(32)28-29-9-11-35-12-10-29)21(33)18(17)19(27-22(30)34)15-6-4-5-7-16(15)23(24,25)26/h3-7,14,19H,1,8-13H2,2H3,(H,27,34)(H,28,32). The Labute approximate surface area is 200 Å². The third-order valence-electron chi connectivity index (χ3n) is 6.26. The van der Waals surface area contributed by atoms with Crippen molar-refractivity contribution in [3.8, 4) is 0 Å². The lowest BCUT2D eigenvalue weighted by atomic mass is 9.91. The molecule has 1 aromatic carbocycles. The second-order valence-electron chi connectivity index (χ2n) is 8.41. The van der Waals surface area contributed by atoms with Crippen molar-refractivity contribution in [3.05, 3.63) is 59.3 Å². The van der Waals surface area contributed by atoms with E-state index in [-0.39, 0.29) is 29.9 Å². The summed E-state index contributed by atoms with van der Waals surface area (Å²) in [4.78, 5) is 41.8. The zero-order valence-electron chi connectivity index (χ0n) is 19.1. The molecule has 2 atom stereocenters. The highest BCUT2D eigenvalue weighted by atomic mass is 19.4. The van der Waals surface area contributed by atoms with E-state index < -0.39 is 41.7 Å². The zero-order valence-corrected chi connectivity index (χ0v) is 19.1. The van der Waals surface area contributed by atoms with E-state index in [9.17, 15) is 27.6 Å². The second kappa shape index (κ2) is 9.70. The molecule has 4 amide bonds. The molecule has 0 saturated carbocycles. The normalized spacial score (nSPS) is 22.1. The Kier molecular flexibility index (Phi) is 6.86. The molecule has 9 nitrogen and oxygen atoms in total. The SMILES string of the molecule is C=CCN1C(=O)NC(c2ccccc2C(F)(F)F)C2=C1CN(C(C)C(=O)NN1CCOCC1)C2=O. The van der Waals surface area contributed by atoms with Crippen LogP contribution in [0.1, 0.15) is 24.1 Å². The van der Waals surface area contributed by atoms with Gasteiger partial charge in [0.05, 0.1) is 42.6 Å². The summed E-state index contributed by atoms with van der Waals surface area (Å²) in [6.45, 7) is 7.00. The smallest absolute Gasteiger partial charge is 0.379 e. The molecular formula is C23H26F3N5O4. The number of nitrogens with one attached hydrogen (secondary N) is 2. The number of rotatable bonds is 6. The topological polar surface area (TPSA) is 94.2 Å². The van der Waals surface area contributed by atoms with Crippen LogP contribution in [0.5, 0.6) is 0 Å². The number of alkyl halides is 3. The van der Waals surface area contributed by atoms with Crippen LogP contribution in [0.4, 0.5) is 18.0 Å². The fourth-order valence-corrected chi connectivity index (χ4v) is 4.45. The summed E-state index contributed by atoms with van der Waals surface area (Å²) in [7, 11) is 0. The van der Waals surface area contributed by atoms with Gasteiger partial charge in [0.1, 0.15) is 6.04 Å². The van der Waals surface area contributed by atoms with Gasteiger partial charge in [-0.1, -0.05) is 24.3 Å². The fourth-order valence-electron chi connectivity index (χ4n) is 4.45. The van der Waals surface area contributed by atoms with Gasteiger partial charge < -0.3 is 15.0 Å². The monoisotopic (exact) mass is 493 g/mol. The van der Waals surface area contributed by atoms with E-state index in [0.29, 0.717) is 26.3 Å². The first-order valence-corrected chi connectivity index (χ1v) is 11.2. The first kappa shape index (κ1) is 24.7. The van der Waals surface area contributed by atoms with E-state index in [2.05, 4.69) is 17.3 Å². The van der Waals surface area contributed by atoms with Crippen LogP contribution in [0.25, 0.3) is 0 Å². The Bertz CT molecular complexity index is 1070. The second-order valence-corrected chi connectivity index (χ2v) is 8.41. The van der Waals surface area contributed by atoms with Crippen LogP contribution >= 0.6 is 0 Å². The number of ether oxygens (including phenoxy) is 1. The highest BCUT2D eigenvalue weighted by molar-refractivity contribution is 6.03. The minimum absolute atomic E-state index is 0.00849. The van der Waals surface area contributed by atoms with Crippen molar-refractivity contribution in [2.24, 2.45) is 0 Å². The number of nitrogens with zero attached hydrogens (tertiary/aromatic N) is 3. The molecule has 0 aliphatic carbocycles. The van der Waals surface area contributed by atoms with Gasteiger partial charge in [-0.3, -0.25) is 19.9 Å². The van der Waals surface area contributed by atoms with Crippen LogP contribution in [0, 0.1) is 0 Å². The Balaban J connectivity index is 1.67. The Morgan fingerprint density at radius 3 is 2.63 bits per heavy atom. The number of halogens is 3. The highest BCUT2D eigenvalue weighted by Crippen LogP contribution is 2.41. The van der Waals surface area contributed by atoms with E-state index >= 15 is 0 Å². The number of morpholine rings is 1. The average Bonchev–Trinajstić information content (AvgIpc) is 3.17. The molecule has 1 aromatic rings. The molecule has 2 N–H and O–H groups in total. The fraction of sp³-hybridized carbons (Fsp3) is 0.435. The minimum atomic E-state index is -4.69. The average molecular weight is 493 g/mol. The molecule has 2 unspecified atom stereocenters. The van der Waals surface area contributed by atoms with Crippen molar-refractivity contribution in [1.82, 2.24) is 25.6 Å². The Hall–Kier alpha value is -3.38. The van der Waals surface area contributed by atoms with Gasteiger partial charge in [0.25, 0.3) is 11.8 Å². The third kappa shape index (κ3) is 4.76. The predicted molar refractivity (Wildman–Crippen MR) is 118 cm³/mol. The number of benzene rings is 1. The Morgan fingerprint density at radius 1 is 1.29 bits per heavy atom. The van der Waals surface area contributed by atoms with Gasteiger partial charge >= 0.3 is 12.2 Å². The zero-order chi connectivity index (χ0) is 25.3. The van der Waals surface area contributed by atoms with E-state index in [4.69, 9.17) is 4.74 Å². The summed E-state index contributed by atoms with van der Waals surface area (Å²) in [5, 5.41) is 4.24. The van der Waals surface area contributed by atoms with Crippen LogP contribution in [0.15, 0.2) is 48.2 Å². The molecule has 3 aliphatic heterocycles. The summed E-state index contributed by atoms with van der Waals surface area (Å²) >= 11 is 0. The number of hydrogen-bond acceptors (Lipinski definition) is 5. The molecule has 0 spiro atoms. The van der Waals surface area contributed by atoms with Gasteiger partial charge in [-0.15, -0.1) is 6.58 Å². The van der Waals surface area contributed by atoms with Gasteiger partial charge in [0.2, 0.25) is 0 Å². The summed E-state index contributed by atoms with van der Waals surface area (Å²) in [6.07, 6.45) is -3.23. The molecule has 1 fully saturated rings. The highest BCUT2D eigenvalue weighted by Gasteiger charge is 2.48. The van der Waals surface area contributed by atoms with Crippen molar-refractivity contribution in [1.29, 1.82) is 0 Å². The van der Waals surface area contributed by atoms with Crippen molar-refractivity contribution >= 4 is 17.8 Å². The van der Waals surface area contributed by atoms with Crippen molar-refractivity contribution < 1.29 is 32.3 Å². The lowest BCUT2D eigenvalue weighted by Gasteiger charge is -2.33. The summed E-state index contributed by atoms with van der Waals surface area (Å²) < 4.78 is 46.5. The van der Waals surface area contributed by atoms with E-state index in [0.717, 1.165) is 6.07 Å². The third-order valence-corrected chi connectivity index (χ3v) is 6.26. The molecule has 3 heterocycles. The maximum absolute atomic E-state index is 13.8. The number of carbonyl (C=O) groups is 3. The molecule has 3 aliphatic rings.